The molecule has 0 spiro atoms. The van der Waals surface area contributed by atoms with Gasteiger partial charge in [0.15, 0.2) is 0 Å². The maximum absolute atomic E-state index is 12.6. The Kier molecular flexibility index (Phi) is 13.1. The maximum atomic E-state index is 12.6. The molecule has 0 aliphatic rings. The van der Waals surface area contributed by atoms with Gasteiger partial charge in [-0.05, 0) is 19.8 Å². The van der Waals surface area contributed by atoms with Crippen LogP contribution in [0.5, 0.6) is 0 Å². The molecule has 10 nitrogen and oxygen atoms in total. The minimum absolute atomic E-state index is 0.00449. The van der Waals surface area contributed by atoms with Crippen molar-refractivity contribution in [2.45, 2.75) is 31.5 Å². The number of esters is 2. The predicted octanol–water partition coefficient (Wildman–Crippen LogP) is 1.56. The maximum Gasteiger partial charge on any atom is 0.319 e. The summed E-state index contributed by atoms with van der Waals surface area (Å²) in [6, 6.07) is 0. The van der Waals surface area contributed by atoms with E-state index in [9.17, 15) is 19.0 Å². The Morgan fingerprint density at radius 1 is 0.938 bits per heavy atom. The number of nitrogens with zero attached hydrogens (tertiary/aromatic N) is 2. The lowest BCUT2D eigenvalue weighted by Gasteiger charge is -2.29. The van der Waals surface area contributed by atoms with E-state index >= 15 is 0 Å². The zero-order chi connectivity index (χ0) is 25.2. The molecule has 0 aliphatic carbocycles. The largest absolute Gasteiger partial charge is 0.756 e. The van der Waals surface area contributed by atoms with Gasteiger partial charge in [0.05, 0.1) is 54.3 Å². The molecular weight excluding hydrogens is 507 g/mol. The summed E-state index contributed by atoms with van der Waals surface area (Å²) in [5.41, 5.74) is -0.949. The highest BCUT2D eigenvalue weighted by Crippen LogP contribution is 2.38. The van der Waals surface area contributed by atoms with Gasteiger partial charge >= 0.3 is 11.9 Å². The third-order valence-electron chi connectivity index (χ3n) is 4.74. The summed E-state index contributed by atoms with van der Waals surface area (Å²) in [6.45, 7) is 4.34. The molecular formula is C20H41BrN2O8P+. The number of quaternary nitrogens is 2. The van der Waals surface area contributed by atoms with Gasteiger partial charge in [0.25, 0.3) is 7.82 Å². The number of carbonyl (C=O) groups is 2. The van der Waals surface area contributed by atoms with E-state index in [0.717, 1.165) is 0 Å². The number of phosphoric ester groups is 1. The Bertz CT molecular complexity index is 650. The second-order valence-corrected chi connectivity index (χ2v) is 12.5. The number of likely N-dealkylation sites (N-methyl/N-ethyl adjacent to an activating group) is 2. The Labute approximate surface area is 201 Å². The highest BCUT2D eigenvalue weighted by Gasteiger charge is 2.37. The van der Waals surface area contributed by atoms with Crippen molar-refractivity contribution < 1.29 is 46.5 Å². The van der Waals surface area contributed by atoms with Gasteiger partial charge in [0.2, 0.25) is 0 Å². The van der Waals surface area contributed by atoms with E-state index in [4.69, 9.17) is 18.5 Å². The second-order valence-electron chi connectivity index (χ2n) is 10.0. The number of ether oxygens (including phenoxy) is 2. The fourth-order valence-corrected chi connectivity index (χ4v) is 3.81. The first kappa shape index (κ1) is 31.4. The number of hydrogen-bond donors (Lipinski definition) is 0. The summed E-state index contributed by atoms with van der Waals surface area (Å²) >= 11 is 3.31. The van der Waals surface area contributed by atoms with Gasteiger partial charge in [-0.25, -0.2) is 0 Å². The summed E-state index contributed by atoms with van der Waals surface area (Å²) in [5, 5.41) is 0. The zero-order valence-corrected chi connectivity index (χ0v) is 23.2. The van der Waals surface area contributed by atoms with Gasteiger partial charge in [-0.2, -0.15) is 0 Å². The number of halogens is 1. The van der Waals surface area contributed by atoms with Crippen LogP contribution in [-0.2, 0) is 32.7 Å². The number of carbonyl (C=O) groups excluding carboxylic acids is 2. The molecule has 0 aromatic carbocycles. The standard InChI is InChI=1S/C20H41BrN2O8P/c1-9-20(2,16-17(21)18(24)28-12-10-22(3,4)5)19(25)29-14-15-31-32(26,27)30-13-11-23(6,7)8/h17H,9-16H2,1-8H3/q+1. The average Bonchev–Trinajstić information content (AvgIpc) is 2.62. The van der Waals surface area contributed by atoms with Crippen molar-refractivity contribution in [2.75, 3.05) is 81.8 Å². The lowest BCUT2D eigenvalue weighted by Crippen LogP contribution is -2.39. The summed E-state index contributed by atoms with van der Waals surface area (Å²) in [7, 11) is 7.25. The molecule has 0 aliphatic heterocycles. The smallest absolute Gasteiger partial charge is 0.319 e. The summed E-state index contributed by atoms with van der Waals surface area (Å²) in [4.78, 5) is 35.9. The van der Waals surface area contributed by atoms with Crippen LogP contribution in [0.15, 0.2) is 0 Å². The molecule has 0 saturated carbocycles. The lowest BCUT2D eigenvalue weighted by atomic mass is 9.83. The number of hydrogen-bond acceptors (Lipinski definition) is 8. The van der Waals surface area contributed by atoms with Crippen LogP contribution >= 0.6 is 23.8 Å². The molecule has 0 rings (SSSR count). The van der Waals surface area contributed by atoms with Crippen LogP contribution in [0, 0.1) is 5.41 Å². The van der Waals surface area contributed by atoms with Crippen LogP contribution < -0.4 is 4.89 Å². The van der Waals surface area contributed by atoms with Gasteiger partial charge in [0, 0.05) is 0 Å². The first-order valence-electron chi connectivity index (χ1n) is 10.6. The van der Waals surface area contributed by atoms with Crippen LogP contribution in [-0.4, -0.2) is 108 Å². The minimum Gasteiger partial charge on any atom is -0.756 e. The summed E-state index contributed by atoms with van der Waals surface area (Å²) < 4.78 is 33.0. The number of phosphoric acid groups is 1. The SMILES string of the molecule is CCC(C)(CC(Br)C(=O)OCC[N+](C)(C)C)C(=O)OCCOP(=O)([O-])OCC[N+](C)(C)C. The minimum atomic E-state index is -4.47. The number of rotatable bonds is 16. The predicted molar refractivity (Wildman–Crippen MR) is 123 cm³/mol. The van der Waals surface area contributed by atoms with E-state index in [-0.39, 0.29) is 32.8 Å². The Morgan fingerprint density at radius 3 is 1.94 bits per heavy atom. The van der Waals surface area contributed by atoms with Gasteiger partial charge < -0.3 is 32.4 Å². The van der Waals surface area contributed by atoms with E-state index in [1.165, 1.54) is 0 Å². The lowest BCUT2D eigenvalue weighted by molar-refractivity contribution is -0.870. The molecule has 190 valence electrons. The molecule has 0 bridgehead atoms. The molecule has 32 heavy (non-hydrogen) atoms. The summed E-state index contributed by atoms with van der Waals surface area (Å²) in [5.74, 6) is -0.980. The van der Waals surface area contributed by atoms with E-state index in [2.05, 4.69) is 15.9 Å². The van der Waals surface area contributed by atoms with Crippen molar-refractivity contribution in [3.63, 3.8) is 0 Å². The molecule has 0 aromatic heterocycles. The van der Waals surface area contributed by atoms with Gasteiger partial charge in [0.1, 0.15) is 37.7 Å². The first-order chi connectivity index (χ1) is 14.4. The Balaban J connectivity index is 4.49. The Hall–Kier alpha value is -0.550. The van der Waals surface area contributed by atoms with Crippen LogP contribution in [0.4, 0.5) is 0 Å². The van der Waals surface area contributed by atoms with Gasteiger partial charge in [-0.3, -0.25) is 14.2 Å². The molecule has 0 N–H and O–H groups in total. The number of alkyl halides is 1. The van der Waals surface area contributed by atoms with Crippen LogP contribution in [0.1, 0.15) is 26.7 Å². The molecule has 0 saturated heterocycles. The van der Waals surface area contributed by atoms with Crippen molar-refractivity contribution in [3.05, 3.63) is 0 Å². The fraction of sp³-hybridized carbons (Fsp3) is 0.900. The van der Waals surface area contributed by atoms with Crippen molar-refractivity contribution in [2.24, 2.45) is 5.41 Å². The normalized spacial score (nSPS) is 17.2. The van der Waals surface area contributed by atoms with E-state index in [1.54, 1.807) is 6.92 Å². The van der Waals surface area contributed by atoms with Crippen LogP contribution in [0.2, 0.25) is 0 Å². The molecule has 12 heteroatoms. The third kappa shape index (κ3) is 14.6. The van der Waals surface area contributed by atoms with Crippen molar-refractivity contribution >= 4 is 35.7 Å². The third-order valence-corrected chi connectivity index (χ3v) is 6.44. The van der Waals surface area contributed by atoms with Crippen molar-refractivity contribution in [1.29, 1.82) is 0 Å². The average molecular weight is 548 g/mol. The topological polar surface area (TPSA) is 111 Å². The van der Waals surface area contributed by atoms with Gasteiger partial charge in [-0.15, -0.1) is 0 Å². The molecule has 3 unspecified atom stereocenters. The van der Waals surface area contributed by atoms with E-state index in [0.29, 0.717) is 28.5 Å². The molecule has 0 amide bonds. The second kappa shape index (κ2) is 13.4. The first-order valence-corrected chi connectivity index (χ1v) is 13.0. The Morgan fingerprint density at radius 2 is 1.44 bits per heavy atom. The molecule has 0 aromatic rings. The monoisotopic (exact) mass is 547 g/mol. The van der Waals surface area contributed by atoms with Crippen LogP contribution in [0.3, 0.4) is 0 Å². The van der Waals surface area contributed by atoms with Crippen molar-refractivity contribution in [3.8, 4) is 0 Å². The summed E-state index contributed by atoms with van der Waals surface area (Å²) in [6.07, 6.45) is 0.607. The highest BCUT2D eigenvalue weighted by atomic mass is 79.9. The quantitative estimate of drug-likeness (QED) is 0.0940. The zero-order valence-electron chi connectivity index (χ0n) is 20.7. The van der Waals surface area contributed by atoms with Crippen molar-refractivity contribution in [1.82, 2.24) is 0 Å². The molecule has 0 fully saturated rings. The molecule has 3 atom stereocenters. The molecule has 0 radical (unpaired) electrons. The van der Waals surface area contributed by atoms with E-state index < -0.39 is 30.0 Å². The fourth-order valence-electron chi connectivity index (χ4n) is 2.28. The van der Waals surface area contributed by atoms with Crippen LogP contribution in [0.25, 0.3) is 0 Å². The van der Waals surface area contributed by atoms with E-state index in [1.807, 2.05) is 49.2 Å². The highest BCUT2D eigenvalue weighted by molar-refractivity contribution is 9.10. The van der Waals surface area contributed by atoms with Gasteiger partial charge in [-0.1, -0.05) is 22.9 Å². The molecule has 0 heterocycles.